The largest absolute Gasteiger partial charge is 0.484 e. The summed E-state index contributed by atoms with van der Waals surface area (Å²) >= 11 is 7.74. The molecule has 7 heteroatoms. The van der Waals surface area contributed by atoms with Gasteiger partial charge < -0.3 is 9.30 Å². The molecule has 0 bridgehead atoms. The number of hydrogen-bond donors (Lipinski definition) is 0. The van der Waals surface area contributed by atoms with E-state index in [1.807, 2.05) is 36.6 Å². The molecular weight excluding hydrogens is 373 g/mol. The van der Waals surface area contributed by atoms with Gasteiger partial charge in [-0.25, -0.2) is 4.39 Å². The average Bonchev–Trinajstić information content (AvgIpc) is 3.04. The fraction of sp³-hybridized carbons (Fsp3) is 0.263. The van der Waals surface area contributed by atoms with Gasteiger partial charge in [0.25, 0.3) is 0 Å². The van der Waals surface area contributed by atoms with E-state index in [0.29, 0.717) is 23.1 Å². The molecular formula is C19H19ClFN3OS. The second kappa shape index (κ2) is 8.56. The first-order chi connectivity index (χ1) is 12.6. The van der Waals surface area contributed by atoms with Gasteiger partial charge in [0.1, 0.15) is 18.2 Å². The second-order valence-electron chi connectivity index (χ2n) is 5.78. The summed E-state index contributed by atoms with van der Waals surface area (Å²) in [5.41, 5.74) is 2.11. The number of hydrogen-bond acceptors (Lipinski definition) is 4. The van der Waals surface area contributed by atoms with Crippen LogP contribution in [0.4, 0.5) is 4.39 Å². The average molecular weight is 392 g/mol. The lowest BCUT2D eigenvalue weighted by Gasteiger charge is -2.10. The first-order valence-corrected chi connectivity index (χ1v) is 9.61. The topological polar surface area (TPSA) is 39.9 Å². The SMILES string of the molecule is CCn1c(COc2cc(C)ccc2Cl)nnc1SCc1ccc(F)cc1. The summed E-state index contributed by atoms with van der Waals surface area (Å²) in [5, 5.41) is 9.89. The van der Waals surface area contributed by atoms with E-state index < -0.39 is 0 Å². The van der Waals surface area contributed by atoms with E-state index in [-0.39, 0.29) is 5.82 Å². The maximum absolute atomic E-state index is 13.0. The van der Waals surface area contributed by atoms with Crippen molar-refractivity contribution in [1.29, 1.82) is 0 Å². The molecule has 0 aliphatic rings. The van der Waals surface area contributed by atoms with E-state index in [4.69, 9.17) is 16.3 Å². The Hall–Kier alpha value is -2.05. The van der Waals surface area contributed by atoms with E-state index in [2.05, 4.69) is 10.2 Å². The maximum atomic E-state index is 13.0. The van der Waals surface area contributed by atoms with Crippen molar-refractivity contribution in [2.24, 2.45) is 0 Å². The number of aryl methyl sites for hydroxylation is 1. The van der Waals surface area contributed by atoms with Crippen LogP contribution in [0.15, 0.2) is 47.6 Å². The highest BCUT2D eigenvalue weighted by molar-refractivity contribution is 7.98. The summed E-state index contributed by atoms with van der Waals surface area (Å²) in [6.45, 7) is 5.05. The zero-order chi connectivity index (χ0) is 18.5. The molecule has 3 rings (SSSR count). The fourth-order valence-electron chi connectivity index (χ4n) is 2.44. The van der Waals surface area contributed by atoms with Crippen LogP contribution in [0.5, 0.6) is 5.75 Å². The van der Waals surface area contributed by atoms with Crippen LogP contribution < -0.4 is 4.74 Å². The number of halogens is 2. The summed E-state index contributed by atoms with van der Waals surface area (Å²) in [5.74, 6) is 1.84. The lowest BCUT2D eigenvalue weighted by Crippen LogP contribution is -2.07. The van der Waals surface area contributed by atoms with Crippen LogP contribution in [0.25, 0.3) is 0 Å². The lowest BCUT2D eigenvalue weighted by atomic mass is 10.2. The molecule has 0 saturated heterocycles. The van der Waals surface area contributed by atoms with Crippen molar-refractivity contribution in [2.45, 2.75) is 37.9 Å². The Morgan fingerprint density at radius 1 is 1.15 bits per heavy atom. The molecule has 1 heterocycles. The number of nitrogens with zero attached hydrogens (tertiary/aromatic N) is 3. The van der Waals surface area contributed by atoms with Gasteiger partial charge in [0, 0.05) is 12.3 Å². The van der Waals surface area contributed by atoms with Crippen LogP contribution >= 0.6 is 23.4 Å². The van der Waals surface area contributed by atoms with E-state index in [9.17, 15) is 4.39 Å². The zero-order valence-corrected chi connectivity index (χ0v) is 16.1. The smallest absolute Gasteiger partial charge is 0.191 e. The minimum Gasteiger partial charge on any atom is -0.484 e. The molecule has 0 fully saturated rings. The highest BCUT2D eigenvalue weighted by Gasteiger charge is 2.13. The van der Waals surface area contributed by atoms with Crippen molar-refractivity contribution in [3.05, 3.63) is 70.3 Å². The van der Waals surface area contributed by atoms with Gasteiger partial charge in [-0.05, 0) is 49.2 Å². The van der Waals surface area contributed by atoms with E-state index in [1.165, 1.54) is 12.1 Å². The number of ether oxygens (including phenoxy) is 1. The number of thioether (sulfide) groups is 1. The standard InChI is InChI=1S/C19H19ClFN3OS/c1-3-24-18(11-25-17-10-13(2)4-9-16(17)20)22-23-19(24)26-12-14-5-7-15(21)8-6-14/h4-10H,3,11-12H2,1-2H3. The van der Waals surface area contributed by atoms with Gasteiger partial charge >= 0.3 is 0 Å². The maximum Gasteiger partial charge on any atom is 0.191 e. The van der Waals surface area contributed by atoms with Crippen molar-refractivity contribution in [1.82, 2.24) is 14.8 Å². The Morgan fingerprint density at radius 2 is 1.92 bits per heavy atom. The molecule has 0 N–H and O–H groups in total. The van der Waals surface area contributed by atoms with Gasteiger partial charge in [0.05, 0.1) is 5.02 Å². The van der Waals surface area contributed by atoms with E-state index in [0.717, 1.165) is 28.7 Å². The summed E-state index contributed by atoms with van der Waals surface area (Å²) in [6.07, 6.45) is 0. The number of aromatic nitrogens is 3. The molecule has 136 valence electrons. The van der Waals surface area contributed by atoms with Gasteiger partial charge in [-0.3, -0.25) is 0 Å². The Bertz CT molecular complexity index is 883. The van der Waals surface area contributed by atoms with Crippen molar-refractivity contribution < 1.29 is 9.13 Å². The van der Waals surface area contributed by atoms with Gasteiger partial charge in [-0.15, -0.1) is 10.2 Å². The van der Waals surface area contributed by atoms with Crippen LogP contribution in [0.1, 0.15) is 23.9 Å². The molecule has 0 atom stereocenters. The molecule has 0 spiro atoms. The van der Waals surface area contributed by atoms with E-state index >= 15 is 0 Å². The third kappa shape index (κ3) is 4.56. The molecule has 4 nitrogen and oxygen atoms in total. The summed E-state index contributed by atoms with van der Waals surface area (Å²) < 4.78 is 20.8. The Morgan fingerprint density at radius 3 is 2.65 bits per heavy atom. The minimum absolute atomic E-state index is 0.232. The van der Waals surface area contributed by atoms with Crippen LogP contribution in [-0.2, 0) is 18.9 Å². The predicted molar refractivity (Wildman–Crippen MR) is 102 cm³/mol. The van der Waals surface area contributed by atoms with Crippen molar-refractivity contribution in [3.8, 4) is 5.75 Å². The van der Waals surface area contributed by atoms with E-state index in [1.54, 1.807) is 23.9 Å². The Balaban J connectivity index is 1.67. The monoisotopic (exact) mass is 391 g/mol. The lowest BCUT2D eigenvalue weighted by molar-refractivity contribution is 0.288. The van der Waals surface area contributed by atoms with Gasteiger partial charge in [0.15, 0.2) is 11.0 Å². The minimum atomic E-state index is -0.232. The zero-order valence-electron chi connectivity index (χ0n) is 14.6. The quantitative estimate of drug-likeness (QED) is 0.514. The molecule has 0 radical (unpaired) electrons. The molecule has 0 saturated carbocycles. The number of benzene rings is 2. The first-order valence-electron chi connectivity index (χ1n) is 8.25. The summed E-state index contributed by atoms with van der Waals surface area (Å²) in [4.78, 5) is 0. The summed E-state index contributed by atoms with van der Waals surface area (Å²) in [7, 11) is 0. The molecule has 0 amide bonds. The van der Waals surface area contributed by atoms with Crippen LogP contribution in [0.2, 0.25) is 5.02 Å². The van der Waals surface area contributed by atoms with Crippen LogP contribution in [0, 0.1) is 12.7 Å². The second-order valence-corrected chi connectivity index (χ2v) is 7.13. The fourth-order valence-corrected chi connectivity index (χ4v) is 3.59. The molecule has 1 aromatic heterocycles. The van der Waals surface area contributed by atoms with Gasteiger partial charge in [-0.2, -0.15) is 0 Å². The molecule has 3 aromatic rings. The van der Waals surface area contributed by atoms with Crippen molar-refractivity contribution in [3.63, 3.8) is 0 Å². The first kappa shape index (κ1) is 18.7. The molecule has 0 aliphatic carbocycles. The third-order valence-electron chi connectivity index (χ3n) is 3.83. The van der Waals surface area contributed by atoms with Gasteiger partial charge in [-0.1, -0.05) is 41.6 Å². The highest BCUT2D eigenvalue weighted by atomic mass is 35.5. The predicted octanol–water partition coefficient (Wildman–Crippen LogP) is 5.27. The molecule has 26 heavy (non-hydrogen) atoms. The Labute approximate surface area is 161 Å². The van der Waals surface area contributed by atoms with Gasteiger partial charge in [0.2, 0.25) is 0 Å². The van der Waals surface area contributed by atoms with Crippen molar-refractivity contribution >= 4 is 23.4 Å². The molecule has 0 unspecified atom stereocenters. The highest BCUT2D eigenvalue weighted by Crippen LogP contribution is 2.27. The summed E-state index contributed by atoms with van der Waals surface area (Å²) in [6, 6.07) is 12.1. The molecule has 0 aliphatic heterocycles. The number of rotatable bonds is 7. The normalized spacial score (nSPS) is 10.9. The van der Waals surface area contributed by atoms with Crippen LogP contribution in [0.3, 0.4) is 0 Å². The third-order valence-corrected chi connectivity index (χ3v) is 5.18. The van der Waals surface area contributed by atoms with Crippen molar-refractivity contribution in [2.75, 3.05) is 0 Å². The van der Waals surface area contributed by atoms with Crippen LogP contribution in [-0.4, -0.2) is 14.8 Å². The molecule has 2 aromatic carbocycles. The Kier molecular flexibility index (Phi) is 6.16.